The molecule has 0 aromatic carbocycles. The van der Waals surface area contributed by atoms with E-state index in [-0.39, 0.29) is 11.9 Å². The van der Waals surface area contributed by atoms with Gasteiger partial charge >= 0.3 is 0 Å². The van der Waals surface area contributed by atoms with E-state index in [0.29, 0.717) is 11.5 Å². The average molecular weight is 257 g/mol. The molecule has 1 amide bonds. The zero-order valence-corrected chi connectivity index (χ0v) is 10.7. The highest BCUT2D eigenvalue weighted by atomic mass is 16.5. The summed E-state index contributed by atoms with van der Waals surface area (Å²) in [6.07, 6.45) is 5.48. The van der Waals surface area contributed by atoms with Crippen molar-refractivity contribution in [3.05, 3.63) is 36.3 Å². The Hall–Kier alpha value is -2.17. The molecule has 0 spiro atoms. The maximum Gasteiger partial charge on any atom is 0.276 e. The van der Waals surface area contributed by atoms with Crippen LogP contribution in [-0.4, -0.2) is 33.5 Å². The second-order valence-electron chi connectivity index (χ2n) is 4.80. The molecule has 0 aliphatic carbocycles. The Kier molecular flexibility index (Phi) is 3.03. The lowest BCUT2D eigenvalue weighted by Gasteiger charge is -2.19. The highest BCUT2D eigenvalue weighted by molar-refractivity contribution is 5.93. The van der Waals surface area contributed by atoms with Gasteiger partial charge in [-0.25, -0.2) is 0 Å². The van der Waals surface area contributed by atoms with Gasteiger partial charge in [0.25, 0.3) is 5.91 Å². The van der Waals surface area contributed by atoms with E-state index in [1.807, 2.05) is 17.0 Å². The molecule has 5 heteroatoms. The smallest absolute Gasteiger partial charge is 0.276 e. The lowest BCUT2D eigenvalue weighted by Crippen LogP contribution is -2.33. The molecule has 3 rings (SSSR count). The fraction of sp³-hybridized carbons (Fsp3) is 0.357. The lowest BCUT2D eigenvalue weighted by atomic mass is 10.2. The summed E-state index contributed by atoms with van der Waals surface area (Å²) in [5, 5.41) is 3.88. The van der Waals surface area contributed by atoms with Gasteiger partial charge in [-0.05, 0) is 31.9 Å². The normalized spacial score (nSPS) is 18.8. The summed E-state index contributed by atoms with van der Waals surface area (Å²) in [5.41, 5.74) is 1.25. The zero-order chi connectivity index (χ0) is 13.2. The van der Waals surface area contributed by atoms with Crippen LogP contribution in [0.1, 0.15) is 30.3 Å². The summed E-state index contributed by atoms with van der Waals surface area (Å²) < 4.78 is 5.24. The molecule has 1 atom stereocenters. The summed E-state index contributed by atoms with van der Waals surface area (Å²) in [6, 6.07) is 5.64. The van der Waals surface area contributed by atoms with Crippen molar-refractivity contribution >= 4 is 5.91 Å². The Morgan fingerprint density at radius 1 is 1.42 bits per heavy atom. The fourth-order valence-corrected chi connectivity index (χ4v) is 2.41. The van der Waals surface area contributed by atoms with Gasteiger partial charge in [0.05, 0.1) is 0 Å². The van der Waals surface area contributed by atoms with Gasteiger partial charge in [0, 0.05) is 36.6 Å². The number of amides is 1. The van der Waals surface area contributed by atoms with Gasteiger partial charge in [-0.3, -0.25) is 9.78 Å². The Labute approximate surface area is 111 Å². The van der Waals surface area contributed by atoms with Crippen molar-refractivity contribution in [2.24, 2.45) is 0 Å². The molecule has 1 aliphatic heterocycles. The van der Waals surface area contributed by atoms with Crippen LogP contribution in [0.15, 0.2) is 35.1 Å². The van der Waals surface area contributed by atoms with E-state index in [0.717, 1.165) is 24.9 Å². The first-order valence-corrected chi connectivity index (χ1v) is 6.44. The first kappa shape index (κ1) is 11.9. The van der Waals surface area contributed by atoms with Crippen molar-refractivity contribution in [1.29, 1.82) is 0 Å². The first-order valence-electron chi connectivity index (χ1n) is 6.44. The van der Waals surface area contributed by atoms with Crippen LogP contribution in [0.4, 0.5) is 0 Å². The Balaban J connectivity index is 1.83. The summed E-state index contributed by atoms with van der Waals surface area (Å²) in [6.45, 7) is 2.87. The predicted molar refractivity (Wildman–Crippen MR) is 69.5 cm³/mol. The van der Waals surface area contributed by atoms with E-state index in [9.17, 15) is 4.79 Å². The summed E-state index contributed by atoms with van der Waals surface area (Å²) in [5.74, 6) is 0.548. The third-order valence-corrected chi connectivity index (χ3v) is 3.51. The molecule has 0 radical (unpaired) electrons. The summed E-state index contributed by atoms with van der Waals surface area (Å²) in [7, 11) is 0. The second kappa shape index (κ2) is 4.84. The van der Waals surface area contributed by atoms with Crippen molar-refractivity contribution < 1.29 is 9.32 Å². The minimum Gasteiger partial charge on any atom is -0.355 e. The number of pyridine rings is 1. The van der Waals surface area contributed by atoms with Crippen LogP contribution >= 0.6 is 0 Å². The van der Waals surface area contributed by atoms with Crippen LogP contribution in [0.3, 0.4) is 0 Å². The van der Waals surface area contributed by atoms with Gasteiger partial charge in [-0.15, -0.1) is 0 Å². The molecule has 1 fully saturated rings. The number of hydrogen-bond acceptors (Lipinski definition) is 4. The van der Waals surface area contributed by atoms with Crippen LogP contribution < -0.4 is 0 Å². The molecule has 5 nitrogen and oxygen atoms in total. The van der Waals surface area contributed by atoms with Crippen LogP contribution in [0.2, 0.25) is 0 Å². The third kappa shape index (κ3) is 2.23. The molecule has 0 bridgehead atoms. The monoisotopic (exact) mass is 257 g/mol. The van der Waals surface area contributed by atoms with E-state index < -0.39 is 0 Å². The molecule has 0 saturated carbocycles. The fourth-order valence-electron chi connectivity index (χ4n) is 2.41. The Bertz CT molecular complexity index is 579. The van der Waals surface area contributed by atoms with Crippen LogP contribution in [0, 0.1) is 0 Å². The minimum atomic E-state index is -0.0472. The maximum atomic E-state index is 12.3. The molecule has 0 N–H and O–H groups in total. The van der Waals surface area contributed by atoms with Crippen molar-refractivity contribution in [3.8, 4) is 11.3 Å². The lowest BCUT2D eigenvalue weighted by molar-refractivity contribution is 0.0737. The molecule has 19 heavy (non-hydrogen) atoms. The van der Waals surface area contributed by atoms with Gasteiger partial charge in [-0.1, -0.05) is 5.16 Å². The highest BCUT2D eigenvalue weighted by Crippen LogP contribution is 2.23. The molecule has 1 aliphatic rings. The number of likely N-dealkylation sites (tertiary alicyclic amines) is 1. The average Bonchev–Trinajstić information content (AvgIpc) is 3.08. The van der Waals surface area contributed by atoms with Crippen molar-refractivity contribution in [3.63, 3.8) is 0 Å². The SMILES string of the molecule is C[C@@H]1CCCN1C(=O)c1cc(-c2ccncc2)on1. The maximum absolute atomic E-state index is 12.3. The van der Waals surface area contributed by atoms with Crippen LogP contribution in [0.25, 0.3) is 11.3 Å². The molecule has 0 unspecified atom stereocenters. The van der Waals surface area contributed by atoms with Crippen LogP contribution in [-0.2, 0) is 0 Å². The Morgan fingerprint density at radius 3 is 2.89 bits per heavy atom. The van der Waals surface area contributed by atoms with Crippen LogP contribution in [0.5, 0.6) is 0 Å². The summed E-state index contributed by atoms with van der Waals surface area (Å²) >= 11 is 0. The van der Waals surface area contributed by atoms with E-state index >= 15 is 0 Å². The minimum absolute atomic E-state index is 0.0472. The van der Waals surface area contributed by atoms with Crippen molar-refractivity contribution in [2.75, 3.05) is 6.54 Å². The number of carbonyl (C=O) groups excluding carboxylic acids is 1. The highest BCUT2D eigenvalue weighted by Gasteiger charge is 2.28. The topological polar surface area (TPSA) is 59.2 Å². The largest absolute Gasteiger partial charge is 0.355 e. The molecular weight excluding hydrogens is 242 g/mol. The molecule has 98 valence electrons. The number of hydrogen-bond donors (Lipinski definition) is 0. The second-order valence-corrected chi connectivity index (χ2v) is 4.80. The number of carbonyl (C=O) groups is 1. The summed E-state index contributed by atoms with van der Waals surface area (Å²) in [4.78, 5) is 18.1. The van der Waals surface area contributed by atoms with Crippen molar-refractivity contribution in [1.82, 2.24) is 15.0 Å². The van der Waals surface area contributed by atoms with Gasteiger partial charge in [-0.2, -0.15) is 0 Å². The zero-order valence-electron chi connectivity index (χ0n) is 10.7. The van der Waals surface area contributed by atoms with E-state index in [1.165, 1.54) is 0 Å². The van der Waals surface area contributed by atoms with Crippen molar-refractivity contribution in [2.45, 2.75) is 25.8 Å². The van der Waals surface area contributed by atoms with E-state index in [2.05, 4.69) is 17.1 Å². The van der Waals surface area contributed by atoms with Gasteiger partial charge in [0.2, 0.25) is 0 Å². The molecule has 2 aromatic rings. The first-order chi connectivity index (χ1) is 9.25. The molecule has 2 aromatic heterocycles. The molecule has 3 heterocycles. The van der Waals surface area contributed by atoms with E-state index in [1.54, 1.807) is 18.5 Å². The molecular formula is C14H15N3O2. The Morgan fingerprint density at radius 2 is 2.21 bits per heavy atom. The quantitative estimate of drug-likeness (QED) is 0.828. The van der Waals surface area contributed by atoms with Gasteiger partial charge < -0.3 is 9.42 Å². The van der Waals surface area contributed by atoms with E-state index in [4.69, 9.17) is 4.52 Å². The number of rotatable bonds is 2. The standard InChI is InChI=1S/C14H15N3O2/c1-10-3-2-8-17(10)14(18)12-9-13(19-16-12)11-4-6-15-7-5-11/h4-7,9-10H,2-3,8H2,1H3/t10-/m1/s1. The third-order valence-electron chi connectivity index (χ3n) is 3.51. The number of nitrogens with zero attached hydrogens (tertiary/aromatic N) is 3. The molecule has 1 saturated heterocycles. The predicted octanol–water partition coefficient (Wildman–Crippen LogP) is 2.36. The number of aromatic nitrogens is 2. The van der Waals surface area contributed by atoms with Gasteiger partial charge in [0.1, 0.15) is 0 Å². The van der Waals surface area contributed by atoms with Gasteiger partial charge in [0.15, 0.2) is 11.5 Å².